The highest BCUT2D eigenvalue weighted by atomic mass is 16.5. The monoisotopic (exact) mass is 298 g/mol. The zero-order valence-electron chi connectivity index (χ0n) is 13.1. The van der Waals surface area contributed by atoms with Gasteiger partial charge in [-0.15, -0.1) is 0 Å². The first kappa shape index (κ1) is 16.0. The topological polar surface area (TPSA) is 64.3 Å². The zero-order valence-corrected chi connectivity index (χ0v) is 13.1. The zero-order chi connectivity index (χ0) is 15.9. The van der Waals surface area contributed by atoms with Gasteiger partial charge in [0.05, 0.1) is 0 Å². The molecule has 4 heteroatoms. The lowest BCUT2D eigenvalue weighted by Crippen LogP contribution is -2.21. The maximum atomic E-state index is 12.1. The van der Waals surface area contributed by atoms with Crippen molar-refractivity contribution in [1.82, 2.24) is 0 Å². The Morgan fingerprint density at radius 2 is 1.91 bits per heavy atom. The van der Waals surface area contributed by atoms with Gasteiger partial charge < -0.3 is 15.8 Å². The van der Waals surface area contributed by atoms with Gasteiger partial charge in [-0.3, -0.25) is 4.79 Å². The van der Waals surface area contributed by atoms with E-state index in [1.165, 1.54) is 0 Å². The highest BCUT2D eigenvalue weighted by Gasteiger charge is 2.09. The summed E-state index contributed by atoms with van der Waals surface area (Å²) in [5.41, 5.74) is 9.64. The Bertz CT molecular complexity index is 636. The van der Waals surface area contributed by atoms with Crippen LogP contribution >= 0.6 is 0 Å². The average molecular weight is 298 g/mol. The van der Waals surface area contributed by atoms with Crippen LogP contribution in [0.25, 0.3) is 0 Å². The van der Waals surface area contributed by atoms with Crippen LogP contribution in [0.3, 0.4) is 0 Å². The van der Waals surface area contributed by atoms with Gasteiger partial charge in [-0.1, -0.05) is 37.3 Å². The molecule has 0 bridgehead atoms. The summed E-state index contributed by atoms with van der Waals surface area (Å²) in [6.07, 6.45) is 0.874. The molecule has 0 fully saturated rings. The quantitative estimate of drug-likeness (QED) is 0.861. The molecule has 0 aliphatic rings. The smallest absolute Gasteiger partial charge is 0.262 e. The van der Waals surface area contributed by atoms with Crippen LogP contribution in [0, 0.1) is 6.92 Å². The Balaban J connectivity index is 1.95. The number of anilines is 1. The summed E-state index contributed by atoms with van der Waals surface area (Å²) < 4.78 is 5.50. The standard InChI is InChI=1S/C18H22N2O2/c1-3-15-6-4-5-13(2)18(15)20-17(21)12-22-16-9-7-14(11-19)8-10-16/h4-10H,3,11-12,19H2,1-2H3,(H,20,21). The lowest BCUT2D eigenvalue weighted by atomic mass is 10.1. The number of ether oxygens (including phenoxy) is 1. The van der Waals surface area contributed by atoms with Crippen LogP contribution in [-0.4, -0.2) is 12.5 Å². The molecule has 0 atom stereocenters. The van der Waals surface area contributed by atoms with Crippen molar-refractivity contribution in [1.29, 1.82) is 0 Å². The average Bonchev–Trinajstić information content (AvgIpc) is 2.55. The van der Waals surface area contributed by atoms with E-state index in [2.05, 4.69) is 12.2 Å². The lowest BCUT2D eigenvalue weighted by Gasteiger charge is -2.13. The van der Waals surface area contributed by atoms with E-state index < -0.39 is 0 Å². The highest BCUT2D eigenvalue weighted by molar-refractivity contribution is 5.93. The third kappa shape index (κ3) is 4.09. The molecule has 1 amide bonds. The first-order valence-corrected chi connectivity index (χ1v) is 7.44. The van der Waals surface area contributed by atoms with Crippen LogP contribution in [0.1, 0.15) is 23.6 Å². The first-order valence-electron chi connectivity index (χ1n) is 7.44. The van der Waals surface area contributed by atoms with Crippen molar-refractivity contribution in [3.05, 3.63) is 59.2 Å². The van der Waals surface area contributed by atoms with Crippen molar-refractivity contribution in [3.63, 3.8) is 0 Å². The second-order valence-electron chi connectivity index (χ2n) is 5.15. The van der Waals surface area contributed by atoms with Crippen molar-refractivity contribution in [2.24, 2.45) is 5.73 Å². The fraction of sp³-hybridized carbons (Fsp3) is 0.278. The van der Waals surface area contributed by atoms with E-state index in [1.54, 1.807) is 0 Å². The summed E-state index contributed by atoms with van der Waals surface area (Å²) in [5, 5.41) is 2.94. The van der Waals surface area contributed by atoms with Crippen LogP contribution < -0.4 is 15.8 Å². The number of benzene rings is 2. The predicted molar refractivity (Wildman–Crippen MR) is 89.0 cm³/mol. The summed E-state index contributed by atoms with van der Waals surface area (Å²) in [4.78, 5) is 12.1. The van der Waals surface area contributed by atoms with E-state index in [0.29, 0.717) is 12.3 Å². The second kappa shape index (κ2) is 7.61. The van der Waals surface area contributed by atoms with Crippen molar-refractivity contribution < 1.29 is 9.53 Å². The Morgan fingerprint density at radius 3 is 2.55 bits per heavy atom. The number of aryl methyl sites for hydroxylation is 2. The van der Waals surface area contributed by atoms with Crippen LogP contribution in [-0.2, 0) is 17.8 Å². The number of nitrogens with two attached hydrogens (primary N) is 1. The predicted octanol–water partition coefficient (Wildman–Crippen LogP) is 3.03. The fourth-order valence-corrected chi connectivity index (χ4v) is 2.25. The molecule has 0 saturated carbocycles. The number of hydrogen-bond acceptors (Lipinski definition) is 3. The molecule has 0 heterocycles. The van der Waals surface area contributed by atoms with E-state index in [-0.39, 0.29) is 12.5 Å². The molecule has 0 radical (unpaired) electrons. The molecule has 3 N–H and O–H groups in total. The van der Waals surface area contributed by atoms with Crippen LogP contribution in [0.5, 0.6) is 5.75 Å². The molecule has 0 aromatic heterocycles. The van der Waals surface area contributed by atoms with E-state index in [4.69, 9.17) is 10.5 Å². The third-order valence-corrected chi connectivity index (χ3v) is 3.53. The molecule has 2 aromatic carbocycles. The van der Waals surface area contributed by atoms with Crippen molar-refractivity contribution in [2.75, 3.05) is 11.9 Å². The number of hydrogen-bond donors (Lipinski definition) is 2. The molecule has 0 unspecified atom stereocenters. The first-order chi connectivity index (χ1) is 10.6. The van der Waals surface area contributed by atoms with E-state index in [9.17, 15) is 4.79 Å². The molecule has 116 valence electrons. The molecule has 22 heavy (non-hydrogen) atoms. The molecule has 4 nitrogen and oxygen atoms in total. The minimum atomic E-state index is -0.160. The normalized spacial score (nSPS) is 10.3. The minimum Gasteiger partial charge on any atom is -0.484 e. The number of amides is 1. The van der Waals surface area contributed by atoms with Gasteiger partial charge in [-0.25, -0.2) is 0 Å². The minimum absolute atomic E-state index is 0.0144. The lowest BCUT2D eigenvalue weighted by molar-refractivity contribution is -0.118. The molecule has 0 saturated heterocycles. The number of nitrogens with one attached hydrogen (secondary N) is 1. The maximum absolute atomic E-state index is 12.1. The fourth-order valence-electron chi connectivity index (χ4n) is 2.25. The Labute approximate surface area is 131 Å². The molecular formula is C18H22N2O2. The third-order valence-electron chi connectivity index (χ3n) is 3.53. The SMILES string of the molecule is CCc1cccc(C)c1NC(=O)COc1ccc(CN)cc1. The molecule has 0 aliphatic heterocycles. The molecular weight excluding hydrogens is 276 g/mol. The van der Waals surface area contributed by atoms with Gasteiger partial charge in [0.1, 0.15) is 5.75 Å². The number of carbonyl (C=O) groups excluding carboxylic acids is 1. The van der Waals surface area contributed by atoms with Crippen LogP contribution in [0.4, 0.5) is 5.69 Å². The summed E-state index contributed by atoms with van der Waals surface area (Å²) in [5.74, 6) is 0.500. The van der Waals surface area contributed by atoms with Gasteiger partial charge in [0.2, 0.25) is 0 Å². The van der Waals surface area contributed by atoms with Crippen molar-refractivity contribution in [2.45, 2.75) is 26.8 Å². The number of rotatable bonds is 6. The number of para-hydroxylation sites is 1. The van der Waals surface area contributed by atoms with Crippen molar-refractivity contribution >= 4 is 11.6 Å². The highest BCUT2D eigenvalue weighted by Crippen LogP contribution is 2.21. The molecule has 0 aliphatic carbocycles. The Hall–Kier alpha value is -2.33. The Morgan fingerprint density at radius 1 is 1.18 bits per heavy atom. The van der Waals surface area contributed by atoms with E-state index in [1.807, 2.05) is 49.4 Å². The summed E-state index contributed by atoms with van der Waals surface area (Å²) in [6, 6.07) is 13.4. The summed E-state index contributed by atoms with van der Waals surface area (Å²) in [6.45, 7) is 4.54. The molecule has 2 aromatic rings. The molecule has 0 spiro atoms. The Kier molecular flexibility index (Phi) is 5.55. The second-order valence-corrected chi connectivity index (χ2v) is 5.15. The summed E-state index contributed by atoms with van der Waals surface area (Å²) in [7, 11) is 0. The van der Waals surface area contributed by atoms with Gasteiger partial charge in [0.15, 0.2) is 6.61 Å². The summed E-state index contributed by atoms with van der Waals surface area (Å²) >= 11 is 0. The van der Waals surface area contributed by atoms with E-state index >= 15 is 0 Å². The van der Waals surface area contributed by atoms with Gasteiger partial charge in [0.25, 0.3) is 5.91 Å². The van der Waals surface area contributed by atoms with Crippen LogP contribution in [0.2, 0.25) is 0 Å². The van der Waals surface area contributed by atoms with Gasteiger partial charge >= 0.3 is 0 Å². The van der Waals surface area contributed by atoms with Gasteiger partial charge in [-0.2, -0.15) is 0 Å². The van der Waals surface area contributed by atoms with Crippen LogP contribution in [0.15, 0.2) is 42.5 Å². The number of carbonyl (C=O) groups is 1. The van der Waals surface area contributed by atoms with Gasteiger partial charge in [-0.05, 0) is 42.2 Å². The maximum Gasteiger partial charge on any atom is 0.262 e. The largest absolute Gasteiger partial charge is 0.484 e. The van der Waals surface area contributed by atoms with E-state index in [0.717, 1.165) is 28.8 Å². The van der Waals surface area contributed by atoms with Gasteiger partial charge in [0, 0.05) is 12.2 Å². The van der Waals surface area contributed by atoms with Crippen molar-refractivity contribution in [3.8, 4) is 5.75 Å². The molecule has 2 rings (SSSR count).